The van der Waals surface area contributed by atoms with Gasteiger partial charge in [-0.3, -0.25) is 0 Å². The normalized spacial score (nSPS) is 49.1. The molecule has 3 fully saturated rings. The smallest absolute Gasteiger partial charge is 0.154 e. The molecule has 0 aromatic rings. The Morgan fingerprint density at radius 1 is 1.35 bits per heavy atom. The Morgan fingerprint density at radius 3 is 2.94 bits per heavy atom. The summed E-state index contributed by atoms with van der Waals surface area (Å²) in [7, 11) is -2.89. The van der Waals surface area contributed by atoms with Gasteiger partial charge in [-0.05, 0) is 18.8 Å². The molecule has 4 nitrogen and oxygen atoms in total. The highest BCUT2D eigenvalue weighted by Crippen LogP contribution is 2.37. The molecule has 0 radical (unpaired) electrons. The Bertz CT molecular complexity index is 408. The van der Waals surface area contributed by atoms with Crippen molar-refractivity contribution >= 4 is 9.84 Å². The Balaban J connectivity index is 1.75. The molecule has 1 spiro atoms. The first kappa shape index (κ1) is 11.9. The second-order valence-electron chi connectivity index (χ2n) is 6.16. The summed E-state index contributed by atoms with van der Waals surface area (Å²) < 4.78 is 29.1. The SMILES string of the molecule is CC1CCCC2(COC3CS(=O)(=O)CC3N2)C1. The standard InChI is InChI=1S/C12H21NO3S/c1-9-3-2-4-12(5-9)8-16-11-7-17(14,15)6-10(11)13-12/h9-11,13H,2-8H2,1H3. The maximum atomic E-state index is 11.6. The van der Waals surface area contributed by atoms with Gasteiger partial charge >= 0.3 is 0 Å². The molecule has 17 heavy (non-hydrogen) atoms. The van der Waals surface area contributed by atoms with Crippen LogP contribution in [0.1, 0.15) is 32.6 Å². The second kappa shape index (κ2) is 3.93. The Morgan fingerprint density at radius 2 is 2.18 bits per heavy atom. The summed E-state index contributed by atoms with van der Waals surface area (Å²) in [6.45, 7) is 2.97. The lowest BCUT2D eigenvalue weighted by atomic mass is 9.75. The summed E-state index contributed by atoms with van der Waals surface area (Å²) >= 11 is 0. The molecule has 2 aliphatic heterocycles. The summed E-state index contributed by atoms with van der Waals surface area (Å²) in [5.41, 5.74) is 0.0543. The van der Waals surface area contributed by atoms with Gasteiger partial charge in [0.1, 0.15) is 0 Å². The zero-order valence-electron chi connectivity index (χ0n) is 10.3. The number of hydrogen-bond acceptors (Lipinski definition) is 4. The highest BCUT2D eigenvalue weighted by molar-refractivity contribution is 7.91. The molecule has 2 heterocycles. The molecule has 98 valence electrons. The molecule has 0 aromatic carbocycles. The predicted octanol–water partition coefficient (Wildman–Crippen LogP) is 0.721. The van der Waals surface area contributed by atoms with Gasteiger partial charge in [-0.15, -0.1) is 0 Å². The van der Waals surface area contributed by atoms with Crippen LogP contribution in [0.3, 0.4) is 0 Å². The van der Waals surface area contributed by atoms with Crippen LogP contribution < -0.4 is 5.32 Å². The van der Waals surface area contributed by atoms with Gasteiger partial charge in [0.15, 0.2) is 9.84 Å². The first-order valence-electron chi connectivity index (χ1n) is 6.58. The molecule has 2 saturated heterocycles. The number of hydrogen-bond donors (Lipinski definition) is 1. The minimum atomic E-state index is -2.89. The van der Waals surface area contributed by atoms with Gasteiger partial charge < -0.3 is 10.1 Å². The molecule has 1 saturated carbocycles. The molecule has 3 rings (SSSR count). The molecule has 0 bridgehead atoms. The average molecular weight is 259 g/mol. The first-order chi connectivity index (χ1) is 7.98. The van der Waals surface area contributed by atoms with Gasteiger partial charge in [-0.1, -0.05) is 19.8 Å². The third kappa shape index (κ3) is 2.25. The molecule has 1 aliphatic carbocycles. The van der Waals surface area contributed by atoms with E-state index in [2.05, 4.69) is 12.2 Å². The van der Waals surface area contributed by atoms with Crippen molar-refractivity contribution in [3.8, 4) is 0 Å². The summed E-state index contributed by atoms with van der Waals surface area (Å²) in [5.74, 6) is 1.18. The lowest BCUT2D eigenvalue weighted by molar-refractivity contribution is -0.0600. The van der Waals surface area contributed by atoms with Crippen LogP contribution >= 0.6 is 0 Å². The van der Waals surface area contributed by atoms with Crippen LogP contribution in [-0.2, 0) is 14.6 Å². The van der Waals surface area contributed by atoms with Crippen LogP contribution in [0.4, 0.5) is 0 Å². The largest absolute Gasteiger partial charge is 0.374 e. The predicted molar refractivity (Wildman–Crippen MR) is 65.7 cm³/mol. The molecular formula is C12H21NO3S. The number of sulfone groups is 1. The average Bonchev–Trinajstić information content (AvgIpc) is 2.51. The zero-order chi connectivity index (χ0) is 12.1. The Kier molecular flexibility index (Phi) is 2.76. The van der Waals surface area contributed by atoms with E-state index < -0.39 is 9.84 Å². The summed E-state index contributed by atoms with van der Waals surface area (Å²) in [4.78, 5) is 0. The van der Waals surface area contributed by atoms with E-state index in [1.54, 1.807) is 0 Å². The van der Waals surface area contributed by atoms with E-state index in [-0.39, 0.29) is 29.2 Å². The van der Waals surface area contributed by atoms with E-state index in [1.807, 2.05) is 0 Å². The van der Waals surface area contributed by atoms with E-state index in [9.17, 15) is 8.42 Å². The lowest BCUT2D eigenvalue weighted by Gasteiger charge is -2.47. The molecule has 0 aromatic heterocycles. The first-order valence-corrected chi connectivity index (χ1v) is 8.40. The Hall–Kier alpha value is -0.130. The fourth-order valence-electron chi connectivity index (χ4n) is 3.74. The van der Waals surface area contributed by atoms with E-state index >= 15 is 0 Å². The number of rotatable bonds is 0. The van der Waals surface area contributed by atoms with Crippen LogP contribution in [0, 0.1) is 5.92 Å². The topological polar surface area (TPSA) is 55.4 Å². The van der Waals surface area contributed by atoms with Gasteiger partial charge in [0, 0.05) is 11.6 Å². The molecular weight excluding hydrogens is 238 g/mol. The number of nitrogens with one attached hydrogen (secondary N) is 1. The maximum absolute atomic E-state index is 11.6. The van der Waals surface area contributed by atoms with Crippen LogP contribution in [0.2, 0.25) is 0 Å². The van der Waals surface area contributed by atoms with Crippen molar-refractivity contribution in [2.24, 2.45) is 5.92 Å². The van der Waals surface area contributed by atoms with Crippen molar-refractivity contribution in [1.82, 2.24) is 5.32 Å². The minimum Gasteiger partial charge on any atom is -0.374 e. The van der Waals surface area contributed by atoms with E-state index in [4.69, 9.17) is 4.74 Å². The van der Waals surface area contributed by atoms with Gasteiger partial charge in [0.05, 0.1) is 24.2 Å². The van der Waals surface area contributed by atoms with Gasteiger partial charge in [0.25, 0.3) is 0 Å². The third-order valence-corrected chi connectivity index (χ3v) is 6.16. The lowest BCUT2D eigenvalue weighted by Crippen LogP contribution is -2.63. The highest BCUT2D eigenvalue weighted by atomic mass is 32.2. The van der Waals surface area contributed by atoms with Crippen LogP contribution in [0.5, 0.6) is 0 Å². The molecule has 5 heteroatoms. The molecule has 4 atom stereocenters. The molecule has 1 N–H and O–H groups in total. The highest BCUT2D eigenvalue weighted by Gasteiger charge is 2.48. The minimum absolute atomic E-state index is 0.0269. The maximum Gasteiger partial charge on any atom is 0.154 e. The molecule has 0 amide bonds. The second-order valence-corrected chi connectivity index (χ2v) is 8.31. The van der Waals surface area contributed by atoms with Crippen molar-refractivity contribution in [3.63, 3.8) is 0 Å². The summed E-state index contributed by atoms with van der Waals surface area (Å²) in [6.07, 6.45) is 4.65. The summed E-state index contributed by atoms with van der Waals surface area (Å²) in [6, 6.07) is 0.0269. The van der Waals surface area contributed by atoms with Crippen LogP contribution in [-0.4, -0.2) is 44.2 Å². The van der Waals surface area contributed by atoms with E-state index in [1.165, 1.54) is 12.8 Å². The summed E-state index contributed by atoms with van der Waals surface area (Å²) in [5, 5.41) is 3.61. The van der Waals surface area contributed by atoms with E-state index in [0.29, 0.717) is 6.61 Å². The van der Waals surface area contributed by atoms with Gasteiger partial charge in [-0.25, -0.2) is 8.42 Å². The number of morpholine rings is 1. The Labute approximate surface area is 103 Å². The fourth-order valence-corrected chi connectivity index (χ4v) is 5.55. The van der Waals surface area contributed by atoms with Gasteiger partial charge in [0.2, 0.25) is 0 Å². The zero-order valence-corrected chi connectivity index (χ0v) is 11.1. The van der Waals surface area contributed by atoms with Gasteiger partial charge in [-0.2, -0.15) is 0 Å². The van der Waals surface area contributed by atoms with Crippen molar-refractivity contribution in [2.75, 3.05) is 18.1 Å². The van der Waals surface area contributed by atoms with Crippen LogP contribution in [0.25, 0.3) is 0 Å². The molecule has 4 unspecified atom stereocenters. The number of ether oxygens (including phenoxy) is 1. The van der Waals surface area contributed by atoms with Crippen molar-refractivity contribution < 1.29 is 13.2 Å². The number of fused-ring (bicyclic) bond motifs is 1. The quantitative estimate of drug-likeness (QED) is 0.696. The third-order valence-electron chi connectivity index (χ3n) is 4.46. The van der Waals surface area contributed by atoms with E-state index in [0.717, 1.165) is 18.8 Å². The van der Waals surface area contributed by atoms with Crippen molar-refractivity contribution in [1.29, 1.82) is 0 Å². The monoisotopic (exact) mass is 259 g/mol. The van der Waals surface area contributed by atoms with Crippen molar-refractivity contribution in [2.45, 2.75) is 50.3 Å². The molecule has 3 aliphatic rings. The fraction of sp³-hybridized carbons (Fsp3) is 1.00. The van der Waals surface area contributed by atoms with Crippen molar-refractivity contribution in [3.05, 3.63) is 0 Å². The van der Waals surface area contributed by atoms with Crippen LogP contribution in [0.15, 0.2) is 0 Å².